The van der Waals surface area contributed by atoms with Crippen molar-refractivity contribution in [3.8, 4) is 0 Å². The van der Waals surface area contributed by atoms with Crippen LogP contribution in [0.25, 0.3) is 0 Å². The van der Waals surface area contributed by atoms with E-state index in [1.807, 2.05) is 0 Å². The molecular formula is C14H19N3O2. The predicted octanol–water partition coefficient (Wildman–Crippen LogP) is 1.21. The van der Waals surface area contributed by atoms with E-state index in [1.165, 1.54) is 4.90 Å². The smallest absolute Gasteiger partial charge is 0.253 e. The van der Waals surface area contributed by atoms with Gasteiger partial charge in [-0.15, -0.1) is 0 Å². The van der Waals surface area contributed by atoms with Crippen LogP contribution in [0.15, 0.2) is 24.3 Å². The second-order valence-corrected chi connectivity index (χ2v) is 5.24. The normalized spacial score (nSPS) is 16.4. The van der Waals surface area contributed by atoms with Crippen molar-refractivity contribution >= 4 is 17.5 Å². The Morgan fingerprint density at radius 2 is 2.00 bits per heavy atom. The second-order valence-electron chi connectivity index (χ2n) is 5.24. The van der Waals surface area contributed by atoms with Crippen LogP contribution in [0.4, 0.5) is 5.69 Å². The molecule has 2 rings (SSSR count). The number of rotatable bonds is 3. The lowest BCUT2D eigenvalue weighted by molar-refractivity contribution is -0.123. The second kappa shape index (κ2) is 5.01. The fraction of sp³-hybridized carbons (Fsp3) is 0.429. The van der Waals surface area contributed by atoms with E-state index in [2.05, 4.69) is 5.32 Å². The number of hydrogen-bond donors (Lipinski definition) is 2. The third-order valence-electron chi connectivity index (χ3n) is 3.47. The first-order valence-corrected chi connectivity index (χ1v) is 6.34. The summed E-state index contributed by atoms with van der Waals surface area (Å²) in [4.78, 5) is 25.3. The molecule has 0 radical (unpaired) electrons. The van der Waals surface area contributed by atoms with Gasteiger partial charge in [-0.3, -0.25) is 9.59 Å². The molecule has 19 heavy (non-hydrogen) atoms. The summed E-state index contributed by atoms with van der Waals surface area (Å²) in [5.74, 6) is -0.268. The molecule has 0 saturated heterocycles. The summed E-state index contributed by atoms with van der Waals surface area (Å²) in [7, 11) is 3.38. The first-order valence-electron chi connectivity index (χ1n) is 6.34. The highest BCUT2D eigenvalue weighted by Crippen LogP contribution is 2.30. The average Bonchev–Trinajstić information content (AvgIpc) is 2.35. The van der Waals surface area contributed by atoms with Gasteiger partial charge in [0.1, 0.15) is 0 Å². The average molecular weight is 261 g/mol. The minimum absolute atomic E-state index is 0.0952. The molecule has 1 aromatic rings. The maximum Gasteiger partial charge on any atom is 0.253 e. The zero-order valence-electron chi connectivity index (χ0n) is 11.3. The molecule has 1 saturated carbocycles. The predicted molar refractivity (Wildman–Crippen MR) is 73.9 cm³/mol. The fourth-order valence-corrected chi connectivity index (χ4v) is 2.03. The van der Waals surface area contributed by atoms with Gasteiger partial charge in [-0.25, -0.2) is 0 Å². The number of anilines is 1. The minimum Gasteiger partial charge on any atom is -0.345 e. The molecule has 0 unspecified atom stereocenters. The number of nitrogens with zero attached hydrogens (tertiary/aromatic N) is 1. The lowest BCUT2D eigenvalue weighted by atomic mass is 9.77. The van der Waals surface area contributed by atoms with Gasteiger partial charge in [0.2, 0.25) is 5.91 Å². The summed E-state index contributed by atoms with van der Waals surface area (Å²) >= 11 is 0. The lowest BCUT2D eigenvalue weighted by Gasteiger charge is -2.36. The molecule has 5 nitrogen and oxygen atoms in total. The first-order chi connectivity index (χ1) is 8.92. The van der Waals surface area contributed by atoms with E-state index >= 15 is 0 Å². The minimum atomic E-state index is -0.735. The van der Waals surface area contributed by atoms with Gasteiger partial charge in [0.15, 0.2) is 0 Å². The zero-order chi connectivity index (χ0) is 14.0. The Hall–Kier alpha value is -1.88. The molecule has 102 valence electrons. The van der Waals surface area contributed by atoms with E-state index in [4.69, 9.17) is 5.73 Å². The Bertz CT molecular complexity index is 507. The van der Waals surface area contributed by atoms with Crippen LogP contribution in [0, 0.1) is 0 Å². The number of nitrogens with two attached hydrogens (primary N) is 1. The standard InChI is InChI=1S/C14H19N3O2/c1-17(2)12(18)10-5-3-6-11(9-10)16-13(19)14(15)7-4-8-14/h3,5-6,9H,4,7-8,15H2,1-2H3,(H,16,19). The molecule has 0 atom stereocenters. The molecule has 0 aliphatic heterocycles. The summed E-state index contributed by atoms with van der Waals surface area (Å²) in [6, 6.07) is 6.89. The van der Waals surface area contributed by atoms with E-state index in [-0.39, 0.29) is 11.8 Å². The fourth-order valence-electron chi connectivity index (χ4n) is 2.03. The molecule has 1 aliphatic rings. The third kappa shape index (κ3) is 2.76. The third-order valence-corrected chi connectivity index (χ3v) is 3.47. The van der Waals surface area contributed by atoms with Crippen molar-refractivity contribution in [1.82, 2.24) is 4.90 Å². The quantitative estimate of drug-likeness (QED) is 0.858. The van der Waals surface area contributed by atoms with Crippen LogP contribution in [-0.2, 0) is 4.79 Å². The Morgan fingerprint density at radius 1 is 1.32 bits per heavy atom. The van der Waals surface area contributed by atoms with Gasteiger partial charge in [0.25, 0.3) is 5.91 Å². The highest BCUT2D eigenvalue weighted by atomic mass is 16.2. The maximum absolute atomic E-state index is 12.0. The van der Waals surface area contributed by atoms with Crippen molar-refractivity contribution in [2.24, 2.45) is 5.73 Å². The van der Waals surface area contributed by atoms with Crippen LogP contribution in [0.3, 0.4) is 0 Å². The molecule has 0 heterocycles. The molecule has 2 amide bonds. The van der Waals surface area contributed by atoms with Crippen molar-refractivity contribution in [2.45, 2.75) is 24.8 Å². The van der Waals surface area contributed by atoms with Gasteiger partial charge < -0.3 is 16.0 Å². The molecular weight excluding hydrogens is 242 g/mol. The largest absolute Gasteiger partial charge is 0.345 e. The topological polar surface area (TPSA) is 75.4 Å². The number of amides is 2. The van der Waals surface area contributed by atoms with E-state index in [9.17, 15) is 9.59 Å². The zero-order valence-corrected chi connectivity index (χ0v) is 11.3. The molecule has 0 bridgehead atoms. The van der Waals surface area contributed by atoms with Gasteiger partial charge in [-0.1, -0.05) is 6.07 Å². The van der Waals surface area contributed by atoms with E-state index in [1.54, 1.807) is 38.4 Å². The van der Waals surface area contributed by atoms with Crippen molar-refractivity contribution < 1.29 is 9.59 Å². The SMILES string of the molecule is CN(C)C(=O)c1cccc(NC(=O)C2(N)CCC2)c1. The van der Waals surface area contributed by atoms with Crippen LogP contribution in [-0.4, -0.2) is 36.3 Å². The summed E-state index contributed by atoms with van der Waals surface area (Å²) in [5, 5.41) is 2.78. The van der Waals surface area contributed by atoms with Crippen molar-refractivity contribution in [3.05, 3.63) is 29.8 Å². The van der Waals surface area contributed by atoms with Crippen molar-refractivity contribution in [2.75, 3.05) is 19.4 Å². The number of carbonyl (C=O) groups excluding carboxylic acids is 2. The van der Waals surface area contributed by atoms with Crippen LogP contribution in [0.2, 0.25) is 0 Å². The molecule has 0 spiro atoms. The Balaban J connectivity index is 2.11. The first kappa shape index (κ1) is 13.5. The van der Waals surface area contributed by atoms with E-state index in [0.29, 0.717) is 11.3 Å². The highest BCUT2D eigenvalue weighted by Gasteiger charge is 2.40. The number of hydrogen-bond acceptors (Lipinski definition) is 3. The molecule has 5 heteroatoms. The van der Waals surface area contributed by atoms with E-state index in [0.717, 1.165) is 19.3 Å². The molecule has 0 aromatic heterocycles. The van der Waals surface area contributed by atoms with Gasteiger partial charge >= 0.3 is 0 Å². The molecule has 3 N–H and O–H groups in total. The van der Waals surface area contributed by atoms with Crippen molar-refractivity contribution in [1.29, 1.82) is 0 Å². The van der Waals surface area contributed by atoms with Gasteiger partial charge in [0, 0.05) is 25.3 Å². The van der Waals surface area contributed by atoms with Crippen LogP contribution < -0.4 is 11.1 Å². The summed E-state index contributed by atoms with van der Waals surface area (Å²) in [6.07, 6.45) is 2.42. The lowest BCUT2D eigenvalue weighted by Crippen LogP contribution is -2.56. The Labute approximate surface area is 112 Å². The van der Waals surface area contributed by atoms with Crippen LogP contribution in [0.1, 0.15) is 29.6 Å². The van der Waals surface area contributed by atoms with Crippen molar-refractivity contribution in [3.63, 3.8) is 0 Å². The number of benzene rings is 1. The Morgan fingerprint density at radius 3 is 2.53 bits per heavy atom. The monoisotopic (exact) mass is 261 g/mol. The Kier molecular flexibility index (Phi) is 3.57. The van der Waals surface area contributed by atoms with Crippen LogP contribution in [0.5, 0.6) is 0 Å². The molecule has 1 fully saturated rings. The van der Waals surface area contributed by atoms with Gasteiger partial charge in [-0.05, 0) is 37.5 Å². The number of carbonyl (C=O) groups is 2. The number of nitrogens with one attached hydrogen (secondary N) is 1. The summed E-state index contributed by atoms with van der Waals surface area (Å²) in [6.45, 7) is 0. The van der Waals surface area contributed by atoms with Crippen LogP contribution >= 0.6 is 0 Å². The summed E-state index contributed by atoms with van der Waals surface area (Å²) in [5.41, 5.74) is 6.37. The van der Waals surface area contributed by atoms with Gasteiger partial charge in [-0.2, -0.15) is 0 Å². The van der Waals surface area contributed by atoms with Gasteiger partial charge in [0.05, 0.1) is 5.54 Å². The maximum atomic E-state index is 12.0. The summed E-state index contributed by atoms with van der Waals surface area (Å²) < 4.78 is 0. The molecule has 1 aliphatic carbocycles. The highest BCUT2D eigenvalue weighted by molar-refractivity contribution is 6.00. The van der Waals surface area contributed by atoms with E-state index < -0.39 is 5.54 Å². The molecule has 1 aromatic carbocycles.